The third kappa shape index (κ3) is 50.0. The molecule has 0 aliphatic carbocycles. The number of amides is 1. The Morgan fingerprint density at radius 3 is 1.18 bits per heavy atom. The van der Waals surface area contributed by atoms with Crippen LogP contribution in [0, 0.1) is 0 Å². The Bertz CT molecular complexity index is 1150. The van der Waals surface area contributed by atoms with Crippen molar-refractivity contribution in [2.45, 2.75) is 322 Å². The topological polar surface area (TPSA) is 95.9 Å². The summed E-state index contributed by atoms with van der Waals surface area (Å²) < 4.78 is 5.96. The first-order chi connectivity index (χ1) is 33.0. The molecule has 0 fully saturated rings. The van der Waals surface area contributed by atoms with Gasteiger partial charge in [0.1, 0.15) is 6.10 Å². The molecule has 0 aromatic rings. The number of ether oxygens (including phenoxy) is 1. The maximum absolute atomic E-state index is 13.3. The fourth-order valence-electron chi connectivity index (χ4n) is 9.03. The second kappa shape index (κ2) is 54.8. The van der Waals surface area contributed by atoms with Crippen molar-refractivity contribution in [1.29, 1.82) is 0 Å². The van der Waals surface area contributed by atoms with Crippen LogP contribution in [0.15, 0.2) is 48.6 Å². The molecule has 3 atom stereocenters. The van der Waals surface area contributed by atoms with E-state index in [1.165, 1.54) is 186 Å². The SMILES string of the molecule is CCCCC/C=C/C=C/C=C/C=C/CCCCCCCC(=O)OC(CCCCCCCCCCCCCCCCC)CC(=O)NC(CO)C(O)CCCCCCCCCCCCCCCCC. The quantitative estimate of drug-likeness (QED) is 0.0321. The van der Waals surface area contributed by atoms with Gasteiger partial charge in [-0.1, -0.05) is 288 Å². The van der Waals surface area contributed by atoms with Crippen molar-refractivity contribution in [3.8, 4) is 0 Å². The van der Waals surface area contributed by atoms with E-state index in [4.69, 9.17) is 4.74 Å². The van der Waals surface area contributed by atoms with E-state index in [1.807, 2.05) is 0 Å². The summed E-state index contributed by atoms with van der Waals surface area (Å²) in [4.78, 5) is 26.3. The normalized spacial score (nSPS) is 13.4. The summed E-state index contributed by atoms with van der Waals surface area (Å²) in [5.41, 5.74) is 0. The fourth-order valence-corrected chi connectivity index (χ4v) is 9.03. The van der Waals surface area contributed by atoms with E-state index >= 15 is 0 Å². The highest BCUT2D eigenvalue weighted by Crippen LogP contribution is 2.19. The molecule has 6 heteroatoms. The van der Waals surface area contributed by atoms with Crippen LogP contribution in [0.25, 0.3) is 0 Å². The molecule has 0 heterocycles. The second-order valence-corrected chi connectivity index (χ2v) is 20.1. The van der Waals surface area contributed by atoms with Crippen molar-refractivity contribution >= 4 is 11.9 Å². The highest BCUT2D eigenvalue weighted by Gasteiger charge is 2.24. The summed E-state index contributed by atoms with van der Waals surface area (Å²) in [6.45, 7) is 6.48. The highest BCUT2D eigenvalue weighted by molar-refractivity contribution is 5.77. The van der Waals surface area contributed by atoms with E-state index in [1.54, 1.807) is 0 Å². The molecule has 0 bridgehead atoms. The molecule has 67 heavy (non-hydrogen) atoms. The zero-order valence-corrected chi connectivity index (χ0v) is 44.8. The fraction of sp³-hybridized carbons (Fsp3) is 0.836. The van der Waals surface area contributed by atoms with Gasteiger partial charge in [0.2, 0.25) is 5.91 Å². The van der Waals surface area contributed by atoms with Crippen molar-refractivity contribution < 1.29 is 24.5 Å². The van der Waals surface area contributed by atoms with Gasteiger partial charge in [-0.2, -0.15) is 0 Å². The monoisotopic (exact) mass is 940 g/mol. The van der Waals surface area contributed by atoms with Crippen LogP contribution in [0.3, 0.4) is 0 Å². The largest absolute Gasteiger partial charge is 0.462 e. The van der Waals surface area contributed by atoms with Crippen molar-refractivity contribution in [2.24, 2.45) is 0 Å². The lowest BCUT2D eigenvalue weighted by molar-refractivity contribution is -0.151. The maximum atomic E-state index is 13.3. The van der Waals surface area contributed by atoms with Gasteiger partial charge < -0.3 is 20.3 Å². The molecule has 1 amide bonds. The minimum atomic E-state index is -0.792. The van der Waals surface area contributed by atoms with Crippen LogP contribution in [0.5, 0.6) is 0 Å². The Kier molecular flexibility index (Phi) is 53.0. The zero-order chi connectivity index (χ0) is 48.8. The van der Waals surface area contributed by atoms with Crippen molar-refractivity contribution in [3.63, 3.8) is 0 Å². The standard InChI is InChI=1S/C61H113NO5/c1-4-7-10-13-16-19-22-25-28-29-30-33-36-39-42-45-48-51-54-61(66)67-57(52-49-46-43-40-37-34-31-26-23-20-17-14-11-8-5-2)55-60(65)62-58(56-63)59(64)53-50-47-44-41-38-35-32-27-24-21-18-15-12-9-6-3/h16,19,22,25,28-30,33,57-59,63-64H,4-15,17-18,20-21,23-24,26-27,31-32,34-56H2,1-3H3,(H,62,65)/b19-16+,25-22+,29-28+,33-30+. The molecule has 6 nitrogen and oxygen atoms in total. The first kappa shape index (κ1) is 64.8. The molecule has 0 saturated carbocycles. The third-order valence-corrected chi connectivity index (χ3v) is 13.5. The first-order valence-corrected chi connectivity index (χ1v) is 29.4. The number of unbranched alkanes of at least 4 members (excludes halogenated alkanes) is 36. The molecule has 0 aliphatic heterocycles. The van der Waals surface area contributed by atoms with Gasteiger partial charge in [-0.3, -0.25) is 9.59 Å². The van der Waals surface area contributed by atoms with E-state index in [-0.39, 0.29) is 24.9 Å². The van der Waals surface area contributed by atoms with Crippen LogP contribution in [0.2, 0.25) is 0 Å². The Morgan fingerprint density at radius 2 is 0.761 bits per heavy atom. The summed E-state index contributed by atoms with van der Waals surface area (Å²) in [6.07, 6.45) is 67.4. The maximum Gasteiger partial charge on any atom is 0.306 e. The van der Waals surface area contributed by atoms with Crippen LogP contribution in [0.4, 0.5) is 0 Å². The van der Waals surface area contributed by atoms with Gasteiger partial charge in [0.25, 0.3) is 0 Å². The molecule has 0 aromatic carbocycles. The molecule has 0 radical (unpaired) electrons. The lowest BCUT2D eigenvalue weighted by atomic mass is 10.0. The smallest absolute Gasteiger partial charge is 0.306 e. The Morgan fingerprint density at radius 1 is 0.433 bits per heavy atom. The van der Waals surface area contributed by atoms with Crippen molar-refractivity contribution in [2.75, 3.05) is 6.61 Å². The predicted molar refractivity (Wildman–Crippen MR) is 292 cm³/mol. The number of hydrogen-bond donors (Lipinski definition) is 3. The number of aliphatic hydroxyl groups is 2. The molecule has 0 aliphatic rings. The molecule has 0 saturated heterocycles. The summed E-state index contributed by atoms with van der Waals surface area (Å²) in [5, 5.41) is 23.9. The van der Waals surface area contributed by atoms with Crippen LogP contribution in [-0.4, -0.2) is 46.9 Å². The lowest BCUT2D eigenvalue weighted by Gasteiger charge is -2.24. The summed E-state index contributed by atoms with van der Waals surface area (Å²) in [6, 6.07) is -0.706. The van der Waals surface area contributed by atoms with Crippen LogP contribution >= 0.6 is 0 Å². The van der Waals surface area contributed by atoms with Gasteiger partial charge in [-0.05, 0) is 51.4 Å². The number of esters is 1. The minimum Gasteiger partial charge on any atom is -0.462 e. The van der Waals surface area contributed by atoms with E-state index in [2.05, 4.69) is 74.7 Å². The van der Waals surface area contributed by atoms with Gasteiger partial charge in [0.05, 0.1) is 25.2 Å². The molecular weight excluding hydrogens is 827 g/mol. The number of hydrogen-bond acceptors (Lipinski definition) is 5. The van der Waals surface area contributed by atoms with Gasteiger partial charge in [-0.25, -0.2) is 0 Å². The van der Waals surface area contributed by atoms with Gasteiger partial charge >= 0.3 is 5.97 Å². The molecule has 0 spiro atoms. The Hall–Kier alpha value is -2.18. The van der Waals surface area contributed by atoms with E-state index in [9.17, 15) is 19.8 Å². The second-order valence-electron chi connectivity index (χ2n) is 20.1. The number of rotatable bonds is 53. The van der Waals surface area contributed by atoms with E-state index in [0.717, 1.165) is 70.6 Å². The molecule has 392 valence electrons. The first-order valence-electron chi connectivity index (χ1n) is 29.4. The average Bonchev–Trinajstić information content (AvgIpc) is 3.32. The number of allylic oxidation sites excluding steroid dienone is 8. The molecule has 0 aromatic heterocycles. The summed E-state index contributed by atoms with van der Waals surface area (Å²) in [7, 11) is 0. The predicted octanol–water partition coefficient (Wildman–Crippen LogP) is 18.2. The van der Waals surface area contributed by atoms with Crippen LogP contribution in [0.1, 0.15) is 303 Å². The summed E-state index contributed by atoms with van der Waals surface area (Å²) >= 11 is 0. The van der Waals surface area contributed by atoms with Crippen LogP contribution in [-0.2, 0) is 14.3 Å². The third-order valence-electron chi connectivity index (χ3n) is 13.5. The average molecular weight is 941 g/mol. The van der Waals surface area contributed by atoms with Crippen LogP contribution < -0.4 is 5.32 Å². The van der Waals surface area contributed by atoms with Crippen molar-refractivity contribution in [3.05, 3.63) is 48.6 Å². The van der Waals surface area contributed by atoms with Gasteiger partial charge in [0.15, 0.2) is 0 Å². The number of carbonyl (C=O) groups excluding carboxylic acids is 2. The number of aliphatic hydroxyl groups excluding tert-OH is 2. The van der Waals surface area contributed by atoms with E-state index < -0.39 is 18.2 Å². The minimum absolute atomic E-state index is 0.0711. The highest BCUT2D eigenvalue weighted by atomic mass is 16.5. The van der Waals surface area contributed by atoms with Crippen molar-refractivity contribution in [1.82, 2.24) is 5.32 Å². The molecular formula is C61H113NO5. The Labute approximate surface area is 416 Å². The number of carbonyl (C=O) groups is 2. The Balaban J connectivity index is 4.58. The van der Waals surface area contributed by atoms with Gasteiger partial charge in [-0.15, -0.1) is 0 Å². The number of nitrogens with one attached hydrogen (secondary N) is 1. The molecule has 0 rings (SSSR count). The molecule has 3 unspecified atom stereocenters. The molecule has 3 N–H and O–H groups in total. The zero-order valence-electron chi connectivity index (χ0n) is 44.8. The summed E-state index contributed by atoms with van der Waals surface area (Å²) in [5.74, 6) is -0.485. The van der Waals surface area contributed by atoms with E-state index in [0.29, 0.717) is 19.3 Å². The van der Waals surface area contributed by atoms with Gasteiger partial charge in [0, 0.05) is 6.42 Å². The lowest BCUT2D eigenvalue weighted by Crippen LogP contribution is -2.46.